The van der Waals surface area contributed by atoms with Gasteiger partial charge in [-0.15, -0.1) is 0 Å². The van der Waals surface area contributed by atoms with Crippen molar-refractivity contribution in [2.24, 2.45) is 11.0 Å². The van der Waals surface area contributed by atoms with E-state index in [4.69, 9.17) is 21.4 Å². The van der Waals surface area contributed by atoms with E-state index in [2.05, 4.69) is 5.32 Å². The number of amides is 2. The van der Waals surface area contributed by atoms with Crippen molar-refractivity contribution in [2.45, 2.75) is 18.9 Å². The number of rotatable bonds is 4. The van der Waals surface area contributed by atoms with Crippen LogP contribution in [0, 0.1) is 16.0 Å². The molecule has 1 aliphatic carbocycles. The normalized spacial score (nSPS) is 18.5. The Labute approximate surface area is 200 Å². The molecule has 2 aliphatic rings. The first-order valence-electron chi connectivity index (χ1n) is 10.8. The van der Waals surface area contributed by atoms with Crippen LogP contribution < -0.4 is 10.1 Å². The second-order valence-electron chi connectivity index (χ2n) is 8.23. The summed E-state index contributed by atoms with van der Waals surface area (Å²) in [6.07, 6.45) is 1.67. The van der Waals surface area contributed by atoms with Gasteiger partial charge in [-0.25, -0.2) is 9.80 Å². The van der Waals surface area contributed by atoms with Crippen molar-refractivity contribution < 1.29 is 14.5 Å². The first kappa shape index (κ1) is 21.9. The number of carbonyl (C=O) groups is 1. The number of fused-ring (bicyclic) bond motifs is 3. The van der Waals surface area contributed by atoms with Crippen molar-refractivity contribution in [2.75, 3.05) is 12.4 Å². The Morgan fingerprint density at radius 2 is 1.88 bits per heavy atom. The predicted molar refractivity (Wildman–Crippen MR) is 129 cm³/mol. The summed E-state index contributed by atoms with van der Waals surface area (Å²) in [7, 11) is 1.64. The van der Waals surface area contributed by atoms with Crippen molar-refractivity contribution >= 4 is 34.7 Å². The summed E-state index contributed by atoms with van der Waals surface area (Å²) in [5.74, 6) is 0.808. The minimum absolute atomic E-state index is 0.0182. The molecule has 1 aliphatic heterocycles. The van der Waals surface area contributed by atoms with Gasteiger partial charge in [-0.05, 0) is 66.4 Å². The molecule has 0 fully saturated rings. The Morgan fingerprint density at radius 3 is 2.56 bits per heavy atom. The van der Waals surface area contributed by atoms with E-state index in [1.54, 1.807) is 7.11 Å². The number of aryl methyl sites for hydroxylation is 1. The first-order chi connectivity index (χ1) is 16.4. The Morgan fingerprint density at radius 1 is 1.15 bits per heavy atom. The van der Waals surface area contributed by atoms with Gasteiger partial charge in [-0.1, -0.05) is 23.7 Å². The summed E-state index contributed by atoms with van der Waals surface area (Å²) in [5.41, 5.74) is 4.36. The topological polar surface area (TPSA) is 97.1 Å². The lowest BCUT2D eigenvalue weighted by Crippen LogP contribution is -2.34. The van der Waals surface area contributed by atoms with Gasteiger partial charge in [0.1, 0.15) is 5.75 Å². The monoisotopic (exact) mass is 476 g/mol. The fraction of sp³-hybridized carbons (Fsp3) is 0.200. The van der Waals surface area contributed by atoms with Crippen molar-refractivity contribution in [1.82, 2.24) is 5.01 Å². The van der Waals surface area contributed by atoms with Crippen molar-refractivity contribution in [3.63, 3.8) is 0 Å². The van der Waals surface area contributed by atoms with E-state index in [0.717, 1.165) is 41.0 Å². The molecular formula is C25H21ClN4O4. The number of hydrazone groups is 1. The molecule has 2 atom stereocenters. The number of nitrogens with zero attached hydrogens (tertiary/aromatic N) is 3. The molecule has 0 saturated heterocycles. The van der Waals surface area contributed by atoms with E-state index < -0.39 is 11.0 Å². The summed E-state index contributed by atoms with van der Waals surface area (Å²) in [6, 6.07) is 18.4. The molecule has 2 unspecified atom stereocenters. The second kappa shape index (κ2) is 8.79. The molecule has 3 aromatic carbocycles. The quantitative estimate of drug-likeness (QED) is 0.379. The number of benzene rings is 3. The van der Waals surface area contributed by atoms with Gasteiger partial charge in [0.05, 0.1) is 23.8 Å². The fourth-order valence-corrected chi connectivity index (χ4v) is 4.76. The third-order valence-corrected chi connectivity index (χ3v) is 6.53. The van der Waals surface area contributed by atoms with Crippen LogP contribution >= 0.6 is 11.6 Å². The van der Waals surface area contributed by atoms with E-state index in [1.807, 2.05) is 42.5 Å². The molecule has 0 spiro atoms. The maximum atomic E-state index is 13.4. The number of carbonyl (C=O) groups excluding carboxylic acids is 1. The molecule has 0 aromatic heterocycles. The highest BCUT2D eigenvalue weighted by molar-refractivity contribution is 6.30. The number of ether oxygens (including phenoxy) is 1. The number of urea groups is 1. The molecule has 0 saturated carbocycles. The molecule has 8 nitrogen and oxygen atoms in total. The summed E-state index contributed by atoms with van der Waals surface area (Å²) in [4.78, 5) is 23.8. The van der Waals surface area contributed by atoms with Crippen LogP contribution in [0.4, 0.5) is 16.2 Å². The average Bonchev–Trinajstić information content (AvgIpc) is 3.24. The maximum absolute atomic E-state index is 13.4. The van der Waals surface area contributed by atoms with E-state index in [0.29, 0.717) is 10.7 Å². The first-order valence-corrected chi connectivity index (χ1v) is 11.2. The maximum Gasteiger partial charge on any atom is 0.342 e. The van der Waals surface area contributed by atoms with Gasteiger partial charge in [0.25, 0.3) is 5.69 Å². The Bertz CT molecular complexity index is 1290. The SMILES string of the molecule is COc1ccc2c(c1)CCC1C2=NN(C(=O)Nc2ccc([N+](=O)[O-])cc2)C1c1ccc(Cl)cc1. The molecule has 34 heavy (non-hydrogen) atoms. The largest absolute Gasteiger partial charge is 0.497 e. The summed E-state index contributed by atoms with van der Waals surface area (Å²) in [6.45, 7) is 0. The van der Waals surface area contributed by atoms with E-state index >= 15 is 0 Å². The second-order valence-corrected chi connectivity index (χ2v) is 8.67. The van der Waals surface area contributed by atoms with Crippen molar-refractivity contribution in [3.8, 4) is 5.75 Å². The van der Waals surface area contributed by atoms with Crippen LogP contribution in [0.15, 0.2) is 71.8 Å². The standard InChI is InChI=1S/C25H21ClN4O4/c1-34-20-11-13-21-16(14-20)4-12-22-23(21)28-29(24(22)15-2-5-17(26)6-3-15)25(31)27-18-7-9-19(10-8-18)30(32)33/h2-3,5-11,13-14,22,24H,4,12H2,1H3,(H,27,31). The zero-order valence-corrected chi connectivity index (χ0v) is 19.0. The fourth-order valence-electron chi connectivity index (χ4n) is 4.64. The highest BCUT2D eigenvalue weighted by Gasteiger charge is 2.44. The smallest absolute Gasteiger partial charge is 0.342 e. The molecule has 1 N–H and O–H groups in total. The highest BCUT2D eigenvalue weighted by Crippen LogP contribution is 2.44. The third-order valence-electron chi connectivity index (χ3n) is 6.27. The number of anilines is 1. The van der Waals surface area contributed by atoms with Crippen LogP contribution in [0.3, 0.4) is 0 Å². The molecular weight excluding hydrogens is 456 g/mol. The molecule has 0 bridgehead atoms. The Balaban J connectivity index is 1.50. The number of halogens is 1. The van der Waals surface area contributed by atoms with Crippen LogP contribution in [0.25, 0.3) is 0 Å². The predicted octanol–water partition coefficient (Wildman–Crippen LogP) is 5.81. The number of non-ortho nitro benzene ring substituents is 1. The zero-order valence-electron chi connectivity index (χ0n) is 18.3. The number of hydrogen-bond donors (Lipinski definition) is 1. The van der Waals surface area contributed by atoms with Crippen molar-refractivity contribution in [3.05, 3.63) is 98.6 Å². The van der Waals surface area contributed by atoms with Gasteiger partial charge < -0.3 is 10.1 Å². The summed E-state index contributed by atoms with van der Waals surface area (Å²) >= 11 is 6.11. The van der Waals surface area contributed by atoms with Crippen LogP contribution in [0.2, 0.25) is 5.02 Å². The molecule has 172 valence electrons. The van der Waals surface area contributed by atoms with Crippen LogP contribution in [-0.4, -0.2) is 28.8 Å². The van der Waals surface area contributed by atoms with Gasteiger partial charge in [-0.3, -0.25) is 10.1 Å². The average molecular weight is 477 g/mol. The van der Waals surface area contributed by atoms with Gasteiger partial charge >= 0.3 is 6.03 Å². The van der Waals surface area contributed by atoms with Gasteiger partial charge in [-0.2, -0.15) is 5.10 Å². The highest BCUT2D eigenvalue weighted by atomic mass is 35.5. The number of methoxy groups -OCH3 is 1. The molecule has 3 aromatic rings. The van der Waals surface area contributed by atoms with Crippen LogP contribution in [0.5, 0.6) is 5.75 Å². The van der Waals surface area contributed by atoms with Gasteiger partial charge in [0.15, 0.2) is 0 Å². The lowest BCUT2D eigenvalue weighted by Gasteiger charge is -2.29. The molecule has 2 amide bonds. The molecule has 9 heteroatoms. The van der Waals surface area contributed by atoms with Gasteiger partial charge in [0.2, 0.25) is 0 Å². The van der Waals surface area contributed by atoms with Gasteiger partial charge in [0, 0.05) is 34.3 Å². The molecule has 0 radical (unpaired) electrons. The minimum atomic E-state index is -0.480. The number of nitro groups is 1. The third kappa shape index (κ3) is 3.97. The summed E-state index contributed by atoms with van der Waals surface area (Å²) in [5, 5.41) is 20.6. The van der Waals surface area contributed by atoms with Crippen LogP contribution in [-0.2, 0) is 6.42 Å². The zero-order chi connectivity index (χ0) is 23.8. The molecule has 5 rings (SSSR count). The van der Waals surface area contributed by atoms with Crippen LogP contribution in [0.1, 0.15) is 29.2 Å². The van der Waals surface area contributed by atoms with E-state index in [-0.39, 0.29) is 17.6 Å². The van der Waals surface area contributed by atoms with E-state index in [1.165, 1.54) is 29.3 Å². The number of nitrogens with one attached hydrogen (secondary N) is 1. The van der Waals surface area contributed by atoms with Crippen molar-refractivity contribution in [1.29, 1.82) is 0 Å². The number of nitro benzene ring substituents is 1. The lowest BCUT2D eigenvalue weighted by molar-refractivity contribution is -0.384. The summed E-state index contributed by atoms with van der Waals surface area (Å²) < 4.78 is 5.37. The minimum Gasteiger partial charge on any atom is -0.497 e. The van der Waals surface area contributed by atoms with E-state index in [9.17, 15) is 14.9 Å². The Hall–Kier alpha value is -3.91. The Kier molecular flexibility index (Phi) is 5.67. The molecule has 1 heterocycles. The lowest BCUT2D eigenvalue weighted by atomic mass is 9.77. The number of hydrogen-bond acceptors (Lipinski definition) is 5.